The fourth-order valence-electron chi connectivity index (χ4n) is 1.44. The maximum Gasteiger partial charge on any atom is 0.134 e. The first-order valence-corrected chi connectivity index (χ1v) is 6.35. The third-order valence-electron chi connectivity index (χ3n) is 2.63. The molecule has 0 amide bonds. The minimum absolute atomic E-state index is 0.0442. The molecule has 0 bridgehead atoms. The summed E-state index contributed by atoms with van der Waals surface area (Å²) in [7, 11) is 0. The molecule has 6 nitrogen and oxygen atoms in total. The van der Waals surface area contributed by atoms with Crippen LogP contribution in [0.5, 0.6) is 0 Å². The molecule has 19 heavy (non-hydrogen) atoms. The lowest BCUT2D eigenvalue weighted by molar-refractivity contribution is -0.126. The van der Waals surface area contributed by atoms with E-state index in [1.807, 2.05) is 0 Å². The van der Waals surface area contributed by atoms with E-state index >= 15 is 0 Å². The van der Waals surface area contributed by atoms with E-state index in [4.69, 9.17) is 0 Å². The molecule has 0 aliphatic heterocycles. The Hall–Kier alpha value is -1.40. The Morgan fingerprint density at radius 1 is 0.737 bits per heavy atom. The van der Waals surface area contributed by atoms with Crippen molar-refractivity contribution in [1.82, 2.24) is 5.48 Å². The van der Waals surface area contributed by atoms with Crippen molar-refractivity contribution in [3.8, 4) is 0 Å². The second-order valence-corrected chi connectivity index (χ2v) is 4.46. The molecule has 0 aromatic heterocycles. The lowest BCUT2D eigenvalue weighted by Crippen LogP contribution is -2.13. The van der Waals surface area contributed by atoms with Gasteiger partial charge in [0, 0.05) is 44.9 Å². The predicted molar refractivity (Wildman–Crippen MR) is 69.4 cm³/mol. The number of hydroxylamine groups is 1. The average molecular weight is 270 g/mol. The van der Waals surface area contributed by atoms with Gasteiger partial charge in [-0.1, -0.05) is 0 Å². The molecule has 0 fully saturated rings. The van der Waals surface area contributed by atoms with Crippen molar-refractivity contribution in [3.63, 3.8) is 0 Å². The van der Waals surface area contributed by atoms with Gasteiger partial charge in [0.15, 0.2) is 0 Å². The van der Waals surface area contributed by atoms with Crippen molar-refractivity contribution in [1.29, 1.82) is 0 Å². The standard InChI is InChI=1S/C13H20NO5/c1-10(15)2-3-11(16)4-5-12(17)6-7-13(18)8-9-14-19/h14H,2-9H2,1H3/q-1. The predicted octanol–water partition coefficient (Wildman–Crippen LogP) is 1.10. The van der Waals surface area contributed by atoms with Crippen molar-refractivity contribution in [2.75, 3.05) is 6.54 Å². The smallest absolute Gasteiger partial charge is 0.134 e. The van der Waals surface area contributed by atoms with Gasteiger partial charge in [-0.25, -0.2) is 0 Å². The average Bonchev–Trinajstić information content (AvgIpc) is 2.37. The van der Waals surface area contributed by atoms with Crippen LogP contribution < -0.4 is 5.48 Å². The zero-order valence-corrected chi connectivity index (χ0v) is 11.2. The Kier molecular flexibility index (Phi) is 9.74. The number of nitrogens with one attached hydrogen (secondary N) is 1. The normalized spacial score (nSPS) is 10.2. The van der Waals surface area contributed by atoms with Gasteiger partial charge in [0.2, 0.25) is 0 Å². The summed E-state index contributed by atoms with van der Waals surface area (Å²) in [5.41, 5.74) is 1.62. The molecule has 108 valence electrons. The van der Waals surface area contributed by atoms with Crippen LogP contribution in [0.1, 0.15) is 51.9 Å². The number of Topliss-reactive ketones (excluding diaryl/α,β-unsaturated/α-hetero) is 4. The van der Waals surface area contributed by atoms with Gasteiger partial charge in [0.1, 0.15) is 23.1 Å². The summed E-state index contributed by atoms with van der Waals surface area (Å²) in [6, 6.07) is 0. The number of carbonyl (C=O) groups is 4. The Morgan fingerprint density at radius 3 is 1.47 bits per heavy atom. The minimum Gasteiger partial charge on any atom is -0.788 e. The van der Waals surface area contributed by atoms with Gasteiger partial charge in [-0.15, -0.1) is 0 Å². The van der Waals surface area contributed by atoms with Crippen LogP contribution in [-0.2, 0) is 19.2 Å². The first kappa shape index (κ1) is 17.6. The molecule has 6 heteroatoms. The number of hydrogen-bond acceptors (Lipinski definition) is 6. The monoisotopic (exact) mass is 270 g/mol. The van der Waals surface area contributed by atoms with Gasteiger partial charge in [0.25, 0.3) is 0 Å². The largest absolute Gasteiger partial charge is 0.788 e. The van der Waals surface area contributed by atoms with E-state index in [1.165, 1.54) is 6.92 Å². The number of hydrogen-bond donors (Lipinski definition) is 1. The molecule has 0 aromatic carbocycles. The maximum atomic E-state index is 11.4. The van der Waals surface area contributed by atoms with Crippen LogP contribution in [0.25, 0.3) is 0 Å². The molecular formula is C13H20NO5-. The van der Waals surface area contributed by atoms with Crippen LogP contribution in [0.4, 0.5) is 0 Å². The zero-order chi connectivity index (χ0) is 14.7. The highest BCUT2D eigenvalue weighted by atomic mass is 16.5. The van der Waals surface area contributed by atoms with Gasteiger partial charge in [-0.2, -0.15) is 0 Å². The van der Waals surface area contributed by atoms with Gasteiger partial charge < -0.3 is 15.5 Å². The SMILES string of the molecule is CC(=O)CCC(=O)CCC(=O)CCC(=O)CCN[O-]. The molecule has 0 spiro atoms. The third-order valence-corrected chi connectivity index (χ3v) is 2.63. The fourth-order valence-corrected chi connectivity index (χ4v) is 1.44. The first-order chi connectivity index (χ1) is 8.95. The molecule has 0 saturated carbocycles. The van der Waals surface area contributed by atoms with Gasteiger partial charge in [0.05, 0.1) is 0 Å². The van der Waals surface area contributed by atoms with Gasteiger partial charge in [-0.05, 0) is 13.5 Å². The fraction of sp³-hybridized carbons (Fsp3) is 0.692. The molecule has 0 atom stereocenters. The second kappa shape index (κ2) is 10.5. The molecule has 0 saturated heterocycles. The summed E-state index contributed by atoms with van der Waals surface area (Å²) in [4.78, 5) is 44.6. The summed E-state index contributed by atoms with van der Waals surface area (Å²) in [6.45, 7) is 1.48. The molecule has 0 aromatic rings. The molecule has 0 aliphatic rings. The van der Waals surface area contributed by atoms with E-state index < -0.39 is 0 Å². The van der Waals surface area contributed by atoms with Crippen LogP contribution in [0.2, 0.25) is 0 Å². The van der Waals surface area contributed by atoms with E-state index in [2.05, 4.69) is 0 Å². The summed E-state index contributed by atoms with van der Waals surface area (Å²) in [5, 5.41) is 9.93. The van der Waals surface area contributed by atoms with E-state index in [0.29, 0.717) is 0 Å². The molecule has 0 heterocycles. The third kappa shape index (κ3) is 11.4. The summed E-state index contributed by atoms with van der Waals surface area (Å²) in [6.07, 6.45) is 0.977. The van der Waals surface area contributed by atoms with Crippen LogP contribution in [0, 0.1) is 5.21 Å². The Morgan fingerprint density at radius 2 is 1.11 bits per heavy atom. The molecule has 0 radical (unpaired) electrons. The van der Waals surface area contributed by atoms with Crippen LogP contribution in [-0.4, -0.2) is 29.7 Å². The van der Waals surface area contributed by atoms with Crippen molar-refractivity contribution in [3.05, 3.63) is 5.21 Å². The first-order valence-electron chi connectivity index (χ1n) is 6.35. The highest BCUT2D eigenvalue weighted by Crippen LogP contribution is 2.04. The highest BCUT2D eigenvalue weighted by molar-refractivity contribution is 5.90. The number of carbonyl (C=O) groups excluding carboxylic acids is 4. The quantitative estimate of drug-likeness (QED) is 0.532. The minimum atomic E-state index is -0.139. The topological polar surface area (TPSA) is 103 Å². The molecule has 1 N–H and O–H groups in total. The lowest BCUT2D eigenvalue weighted by Gasteiger charge is -2.05. The van der Waals surface area contributed by atoms with Crippen LogP contribution in [0.15, 0.2) is 0 Å². The molecular weight excluding hydrogens is 250 g/mol. The van der Waals surface area contributed by atoms with E-state index in [1.54, 1.807) is 5.48 Å². The zero-order valence-electron chi connectivity index (χ0n) is 11.2. The Labute approximate surface area is 112 Å². The van der Waals surface area contributed by atoms with Crippen molar-refractivity contribution in [2.24, 2.45) is 0 Å². The van der Waals surface area contributed by atoms with Crippen molar-refractivity contribution >= 4 is 23.1 Å². The second-order valence-electron chi connectivity index (χ2n) is 4.46. The lowest BCUT2D eigenvalue weighted by atomic mass is 10.0. The summed E-state index contributed by atoms with van der Waals surface area (Å²) >= 11 is 0. The molecule has 0 rings (SSSR count). The highest BCUT2D eigenvalue weighted by Gasteiger charge is 2.10. The maximum absolute atomic E-state index is 11.4. The number of ketones is 4. The summed E-state index contributed by atoms with van der Waals surface area (Å²) in [5.74, 6) is -0.429. The Balaban J connectivity index is 3.66. The van der Waals surface area contributed by atoms with Crippen molar-refractivity contribution < 1.29 is 19.2 Å². The summed E-state index contributed by atoms with van der Waals surface area (Å²) < 4.78 is 0. The molecule has 0 aliphatic carbocycles. The van der Waals surface area contributed by atoms with Crippen molar-refractivity contribution in [2.45, 2.75) is 51.9 Å². The number of rotatable bonds is 12. The van der Waals surface area contributed by atoms with E-state index in [0.717, 1.165) is 0 Å². The van der Waals surface area contributed by atoms with Crippen LogP contribution >= 0.6 is 0 Å². The van der Waals surface area contributed by atoms with Gasteiger partial charge in [-0.3, -0.25) is 14.4 Å². The molecule has 0 unspecified atom stereocenters. The van der Waals surface area contributed by atoms with E-state index in [-0.39, 0.29) is 74.6 Å². The Bertz CT molecular complexity index is 338. The van der Waals surface area contributed by atoms with Gasteiger partial charge >= 0.3 is 0 Å². The van der Waals surface area contributed by atoms with E-state index in [9.17, 15) is 24.4 Å². The van der Waals surface area contributed by atoms with Crippen LogP contribution in [0.3, 0.4) is 0 Å².